The average Bonchev–Trinajstić information content (AvgIpc) is 2.86. The predicted molar refractivity (Wildman–Crippen MR) is 65.6 cm³/mol. The highest BCUT2D eigenvalue weighted by molar-refractivity contribution is 5.94. The number of aromatic nitrogens is 1. The van der Waals surface area contributed by atoms with E-state index in [4.69, 9.17) is 5.11 Å². The minimum atomic E-state index is -0.938. The number of likely N-dealkylation sites (tertiary alicyclic amines) is 1. The van der Waals surface area contributed by atoms with Crippen LogP contribution in [0.15, 0.2) is 30.5 Å². The Morgan fingerprint density at radius 2 is 2.28 bits per heavy atom. The van der Waals surface area contributed by atoms with Gasteiger partial charge in [0.1, 0.15) is 6.04 Å². The minimum Gasteiger partial charge on any atom is -0.480 e. The first-order chi connectivity index (χ1) is 8.68. The van der Waals surface area contributed by atoms with Crippen molar-refractivity contribution in [1.82, 2.24) is 9.88 Å². The van der Waals surface area contributed by atoms with E-state index in [-0.39, 0.29) is 5.91 Å². The van der Waals surface area contributed by atoms with Gasteiger partial charge in [0.15, 0.2) is 0 Å². The average molecular weight is 246 g/mol. The van der Waals surface area contributed by atoms with Gasteiger partial charge in [0.25, 0.3) is 0 Å². The summed E-state index contributed by atoms with van der Waals surface area (Å²) in [6.07, 6.45) is 5.88. The van der Waals surface area contributed by atoms with Gasteiger partial charge in [-0.15, -0.1) is 0 Å². The van der Waals surface area contributed by atoms with Crippen molar-refractivity contribution < 1.29 is 14.7 Å². The third-order valence-corrected chi connectivity index (χ3v) is 2.91. The highest BCUT2D eigenvalue weighted by Gasteiger charge is 2.32. The molecule has 1 unspecified atom stereocenters. The number of pyridine rings is 1. The standard InChI is InChI=1S/C13H14N2O3/c16-12(7-6-10-4-1-2-8-14-10)15-9-3-5-11(15)13(17)18/h1-2,4,6-8,11H,3,5,9H2,(H,17,18)/b7-6+. The van der Waals surface area contributed by atoms with Crippen LogP contribution >= 0.6 is 0 Å². The quantitative estimate of drug-likeness (QED) is 0.813. The molecular formula is C13H14N2O3. The molecule has 0 saturated carbocycles. The SMILES string of the molecule is O=C(O)C1CCCN1C(=O)/C=C/c1ccccn1. The van der Waals surface area contributed by atoms with Crippen LogP contribution < -0.4 is 0 Å². The Balaban J connectivity index is 2.04. The molecule has 0 bridgehead atoms. The van der Waals surface area contributed by atoms with Gasteiger partial charge < -0.3 is 10.0 Å². The van der Waals surface area contributed by atoms with Gasteiger partial charge in [-0.2, -0.15) is 0 Å². The Morgan fingerprint density at radius 3 is 2.94 bits per heavy atom. The van der Waals surface area contributed by atoms with Crippen molar-refractivity contribution in [2.45, 2.75) is 18.9 Å². The number of carboxylic acid groups (broad SMARTS) is 1. The van der Waals surface area contributed by atoms with Gasteiger partial charge >= 0.3 is 5.97 Å². The molecule has 5 nitrogen and oxygen atoms in total. The van der Waals surface area contributed by atoms with Gasteiger partial charge in [-0.25, -0.2) is 4.79 Å². The molecule has 0 aliphatic carbocycles. The first-order valence-electron chi connectivity index (χ1n) is 5.81. The molecule has 1 amide bonds. The number of rotatable bonds is 3. The fourth-order valence-electron chi connectivity index (χ4n) is 2.01. The topological polar surface area (TPSA) is 70.5 Å². The summed E-state index contributed by atoms with van der Waals surface area (Å²) in [6.45, 7) is 0.502. The number of hydrogen-bond acceptors (Lipinski definition) is 3. The van der Waals surface area contributed by atoms with E-state index in [1.807, 2.05) is 6.07 Å². The van der Waals surface area contributed by atoms with Gasteiger partial charge in [-0.05, 0) is 31.1 Å². The van der Waals surface area contributed by atoms with E-state index in [0.717, 1.165) is 6.42 Å². The van der Waals surface area contributed by atoms with Crippen LogP contribution in [-0.4, -0.2) is 39.5 Å². The summed E-state index contributed by atoms with van der Waals surface area (Å²) in [5.74, 6) is -1.21. The lowest BCUT2D eigenvalue weighted by Gasteiger charge is -2.19. The number of nitrogens with zero attached hydrogens (tertiary/aromatic N) is 2. The van der Waals surface area contributed by atoms with Gasteiger partial charge in [-0.3, -0.25) is 9.78 Å². The van der Waals surface area contributed by atoms with Crippen LogP contribution in [0.2, 0.25) is 0 Å². The van der Waals surface area contributed by atoms with Crippen molar-refractivity contribution in [3.8, 4) is 0 Å². The van der Waals surface area contributed by atoms with E-state index < -0.39 is 12.0 Å². The van der Waals surface area contributed by atoms with Crippen molar-refractivity contribution in [3.05, 3.63) is 36.2 Å². The Morgan fingerprint density at radius 1 is 1.44 bits per heavy atom. The lowest BCUT2D eigenvalue weighted by atomic mass is 10.2. The molecule has 1 aromatic heterocycles. The number of carbonyl (C=O) groups excluding carboxylic acids is 1. The van der Waals surface area contributed by atoms with Crippen molar-refractivity contribution in [2.24, 2.45) is 0 Å². The smallest absolute Gasteiger partial charge is 0.326 e. The summed E-state index contributed by atoms with van der Waals surface area (Å²) >= 11 is 0. The largest absolute Gasteiger partial charge is 0.480 e. The maximum atomic E-state index is 11.9. The van der Waals surface area contributed by atoms with Crippen LogP contribution in [-0.2, 0) is 9.59 Å². The van der Waals surface area contributed by atoms with E-state index in [9.17, 15) is 9.59 Å². The molecule has 94 valence electrons. The third-order valence-electron chi connectivity index (χ3n) is 2.91. The van der Waals surface area contributed by atoms with E-state index in [1.165, 1.54) is 11.0 Å². The van der Waals surface area contributed by atoms with E-state index >= 15 is 0 Å². The first kappa shape index (κ1) is 12.3. The van der Waals surface area contributed by atoms with E-state index in [1.54, 1.807) is 24.4 Å². The Labute approximate surface area is 105 Å². The second-order valence-corrected chi connectivity index (χ2v) is 4.12. The molecule has 1 aliphatic rings. The van der Waals surface area contributed by atoms with Crippen LogP contribution in [0.25, 0.3) is 6.08 Å². The molecule has 5 heteroatoms. The van der Waals surface area contributed by atoms with Crippen LogP contribution in [0.3, 0.4) is 0 Å². The number of carbonyl (C=O) groups is 2. The number of aliphatic carboxylic acids is 1. The van der Waals surface area contributed by atoms with E-state index in [0.29, 0.717) is 18.7 Å². The van der Waals surface area contributed by atoms with Crippen molar-refractivity contribution >= 4 is 18.0 Å². The van der Waals surface area contributed by atoms with Crippen molar-refractivity contribution in [1.29, 1.82) is 0 Å². The summed E-state index contributed by atoms with van der Waals surface area (Å²) in [5.41, 5.74) is 0.678. The molecule has 1 aromatic rings. The maximum Gasteiger partial charge on any atom is 0.326 e. The zero-order valence-corrected chi connectivity index (χ0v) is 9.82. The predicted octanol–water partition coefficient (Wildman–Crippen LogP) is 1.17. The minimum absolute atomic E-state index is 0.273. The van der Waals surface area contributed by atoms with Gasteiger partial charge in [0.05, 0.1) is 5.69 Å². The molecule has 1 N–H and O–H groups in total. The lowest BCUT2D eigenvalue weighted by molar-refractivity contribution is -0.146. The summed E-state index contributed by atoms with van der Waals surface area (Å²) in [5, 5.41) is 8.99. The number of carboxylic acids is 1. The molecule has 0 spiro atoms. The second kappa shape index (κ2) is 5.44. The summed E-state index contributed by atoms with van der Waals surface area (Å²) in [6, 6.07) is 4.71. The normalized spacial score (nSPS) is 19.3. The Hall–Kier alpha value is -2.17. The monoisotopic (exact) mass is 246 g/mol. The molecule has 1 atom stereocenters. The highest BCUT2D eigenvalue weighted by Crippen LogP contribution is 2.17. The highest BCUT2D eigenvalue weighted by atomic mass is 16.4. The van der Waals surface area contributed by atoms with Crippen molar-refractivity contribution in [3.63, 3.8) is 0 Å². The molecule has 2 heterocycles. The summed E-state index contributed by atoms with van der Waals surface area (Å²) in [7, 11) is 0. The van der Waals surface area contributed by atoms with Gasteiger partial charge in [0.2, 0.25) is 5.91 Å². The van der Waals surface area contributed by atoms with Gasteiger partial charge in [0, 0.05) is 18.8 Å². The Bertz CT molecular complexity index is 470. The lowest BCUT2D eigenvalue weighted by Crippen LogP contribution is -2.39. The molecule has 2 rings (SSSR count). The molecule has 1 saturated heterocycles. The fraction of sp³-hybridized carbons (Fsp3) is 0.308. The maximum absolute atomic E-state index is 11.9. The molecule has 0 radical (unpaired) electrons. The summed E-state index contributed by atoms with van der Waals surface area (Å²) < 4.78 is 0. The van der Waals surface area contributed by atoms with Crippen LogP contribution in [0.4, 0.5) is 0 Å². The van der Waals surface area contributed by atoms with Crippen molar-refractivity contribution in [2.75, 3.05) is 6.54 Å². The fourth-order valence-corrected chi connectivity index (χ4v) is 2.01. The first-order valence-corrected chi connectivity index (χ1v) is 5.81. The zero-order valence-electron chi connectivity index (χ0n) is 9.82. The summed E-state index contributed by atoms with van der Waals surface area (Å²) in [4.78, 5) is 28.3. The zero-order chi connectivity index (χ0) is 13.0. The number of hydrogen-bond donors (Lipinski definition) is 1. The van der Waals surface area contributed by atoms with Crippen LogP contribution in [0.1, 0.15) is 18.5 Å². The second-order valence-electron chi connectivity index (χ2n) is 4.12. The van der Waals surface area contributed by atoms with Crippen LogP contribution in [0.5, 0.6) is 0 Å². The van der Waals surface area contributed by atoms with E-state index in [2.05, 4.69) is 4.98 Å². The third kappa shape index (κ3) is 2.74. The Kier molecular flexibility index (Phi) is 3.72. The number of amides is 1. The molecule has 1 fully saturated rings. The molecule has 1 aliphatic heterocycles. The van der Waals surface area contributed by atoms with Crippen LogP contribution in [0, 0.1) is 0 Å². The van der Waals surface area contributed by atoms with Gasteiger partial charge in [-0.1, -0.05) is 6.07 Å². The molecule has 18 heavy (non-hydrogen) atoms. The molecular weight excluding hydrogens is 232 g/mol. The molecule has 0 aromatic carbocycles.